The van der Waals surface area contributed by atoms with Crippen LogP contribution in [0.5, 0.6) is 0 Å². The molecule has 72 valence electrons. The third kappa shape index (κ3) is 2.04. The Morgan fingerprint density at radius 1 is 1.62 bits per heavy atom. The van der Waals surface area contributed by atoms with E-state index in [0.717, 1.165) is 16.6 Å². The second-order valence-electron chi connectivity index (χ2n) is 3.12. The Bertz CT molecular complexity index is 270. The largest absolute Gasteiger partial charge is 0.377 e. The Labute approximate surface area is 81.3 Å². The third-order valence-electron chi connectivity index (χ3n) is 2.11. The van der Waals surface area contributed by atoms with Gasteiger partial charge < -0.3 is 10.1 Å². The van der Waals surface area contributed by atoms with E-state index in [0.29, 0.717) is 12.6 Å². The van der Waals surface area contributed by atoms with Gasteiger partial charge in [0.1, 0.15) is 10.0 Å². The average molecular weight is 199 g/mol. The van der Waals surface area contributed by atoms with Crippen LogP contribution in [0, 0.1) is 0 Å². The molecule has 4 nitrogen and oxygen atoms in total. The van der Waals surface area contributed by atoms with Crippen molar-refractivity contribution in [3.63, 3.8) is 0 Å². The molecule has 0 aliphatic carbocycles. The Morgan fingerprint density at radius 3 is 3.23 bits per heavy atom. The van der Waals surface area contributed by atoms with Gasteiger partial charge in [0, 0.05) is 7.11 Å². The summed E-state index contributed by atoms with van der Waals surface area (Å²) >= 11 is 1.64. The molecule has 0 saturated carbocycles. The Balaban J connectivity index is 2.03. The van der Waals surface area contributed by atoms with E-state index in [1.54, 1.807) is 18.4 Å². The number of methoxy groups -OCH3 is 1. The van der Waals surface area contributed by atoms with Crippen molar-refractivity contribution in [2.24, 2.45) is 0 Å². The second kappa shape index (κ2) is 4.13. The molecule has 0 bridgehead atoms. The molecule has 1 N–H and O–H groups in total. The summed E-state index contributed by atoms with van der Waals surface area (Å²) in [4.78, 5) is 0. The van der Waals surface area contributed by atoms with Crippen molar-refractivity contribution in [2.45, 2.75) is 25.5 Å². The van der Waals surface area contributed by atoms with E-state index in [-0.39, 0.29) is 0 Å². The summed E-state index contributed by atoms with van der Waals surface area (Å²) in [6, 6.07) is 0.433. The maximum absolute atomic E-state index is 4.99. The van der Waals surface area contributed by atoms with E-state index in [9.17, 15) is 0 Å². The molecule has 2 rings (SSSR count). The first-order valence-corrected chi connectivity index (χ1v) is 5.26. The van der Waals surface area contributed by atoms with Gasteiger partial charge in [0.05, 0.1) is 12.6 Å². The van der Waals surface area contributed by atoms with Gasteiger partial charge in [-0.15, -0.1) is 10.2 Å². The van der Waals surface area contributed by atoms with Crippen LogP contribution in [0.1, 0.15) is 28.9 Å². The molecule has 5 heteroatoms. The lowest BCUT2D eigenvalue weighted by Crippen LogP contribution is -2.12. The topological polar surface area (TPSA) is 47.0 Å². The molecule has 0 aromatic carbocycles. The van der Waals surface area contributed by atoms with Crippen LogP contribution in [-0.4, -0.2) is 23.9 Å². The minimum atomic E-state index is 0.433. The molecule has 1 fully saturated rings. The maximum Gasteiger partial charge on any atom is 0.143 e. The maximum atomic E-state index is 4.99. The molecular formula is C8H13N3OS. The molecule has 1 saturated heterocycles. The lowest BCUT2D eigenvalue weighted by molar-refractivity contribution is 0.184. The van der Waals surface area contributed by atoms with Crippen molar-refractivity contribution in [1.82, 2.24) is 15.5 Å². The molecule has 0 radical (unpaired) electrons. The van der Waals surface area contributed by atoms with Crippen molar-refractivity contribution in [3.8, 4) is 0 Å². The highest BCUT2D eigenvalue weighted by atomic mass is 32.1. The Kier molecular flexibility index (Phi) is 2.87. The quantitative estimate of drug-likeness (QED) is 0.792. The van der Waals surface area contributed by atoms with Crippen LogP contribution < -0.4 is 5.32 Å². The molecule has 1 aromatic heterocycles. The molecule has 0 spiro atoms. The second-order valence-corrected chi connectivity index (χ2v) is 4.21. The molecule has 1 atom stereocenters. The van der Waals surface area contributed by atoms with Gasteiger partial charge in [-0.3, -0.25) is 0 Å². The van der Waals surface area contributed by atoms with Crippen LogP contribution in [0.25, 0.3) is 0 Å². The number of nitrogens with zero attached hydrogens (tertiary/aromatic N) is 2. The fraction of sp³-hybridized carbons (Fsp3) is 0.750. The number of aromatic nitrogens is 2. The monoisotopic (exact) mass is 199 g/mol. The van der Waals surface area contributed by atoms with E-state index in [4.69, 9.17) is 4.74 Å². The van der Waals surface area contributed by atoms with Gasteiger partial charge in [-0.1, -0.05) is 11.3 Å². The standard InChI is InChI=1S/C8H13N3OS/c1-12-5-7-10-11-8(13-7)6-3-2-4-9-6/h6,9H,2-5H2,1H3. The van der Waals surface area contributed by atoms with Gasteiger partial charge in [-0.05, 0) is 19.4 Å². The minimum Gasteiger partial charge on any atom is -0.377 e. The Morgan fingerprint density at radius 2 is 2.54 bits per heavy atom. The van der Waals surface area contributed by atoms with Crippen LogP contribution in [-0.2, 0) is 11.3 Å². The zero-order valence-electron chi connectivity index (χ0n) is 7.62. The van der Waals surface area contributed by atoms with Crippen molar-refractivity contribution in [3.05, 3.63) is 10.0 Å². The molecule has 1 aliphatic heterocycles. The molecule has 2 heterocycles. The molecule has 0 amide bonds. The number of hydrogen-bond donors (Lipinski definition) is 1. The number of rotatable bonds is 3. The SMILES string of the molecule is COCc1nnc(C2CCCN2)s1. The zero-order chi connectivity index (χ0) is 9.10. The first kappa shape index (κ1) is 9.05. The van der Waals surface area contributed by atoms with Crippen molar-refractivity contribution in [1.29, 1.82) is 0 Å². The van der Waals surface area contributed by atoms with E-state index in [1.165, 1.54) is 12.8 Å². The smallest absolute Gasteiger partial charge is 0.143 e. The average Bonchev–Trinajstić information content (AvgIpc) is 2.70. The van der Waals surface area contributed by atoms with E-state index >= 15 is 0 Å². The molecular weight excluding hydrogens is 186 g/mol. The summed E-state index contributed by atoms with van der Waals surface area (Å²) in [7, 11) is 1.68. The van der Waals surface area contributed by atoms with Crippen LogP contribution in [0.15, 0.2) is 0 Å². The predicted molar refractivity (Wildman–Crippen MR) is 50.6 cm³/mol. The first-order valence-electron chi connectivity index (χ1n) is 4.45. The van der Waals surface area contributed by atoms with Crippen molar-refractivity contribution in [2.75, 3.05) is 13.7 Å². The van der Waals surface area contributed by atoms with E-state index in [1.807, 2.05) is 0 Å². The lowest BCUT2D eigenvalue weighted by atomic mass is 10.2. The lowest BCUT2D eigenvalue weighted by Gasteiger charge is -2.02. The van der Waals surface area contributed by atoms with Gasteiger partial charge in [0.25, 0.3) is 0 Å². The van der Waals surface area contributed by atoms with Gasteiger partial charge in [-0.2, -0.15) is 0 Å². The summed E-state index contributed by atoms with van der Waals surface area (Å²) in [5.41, 5.74) is 0. The van der Waals surface area contributed by atoms with Gasteiger partial charge in [0.2, 0.25) is 0 Å². The summed E-state index contributed by atoms with van der Waals surface area (Å²) in [5, 5.41) is 13.7. The fourth-order valence-electron chi connectivity index (χ4n) is 1.48. The number of nitrogens with one attached hydrogen (secondary N) is 1. The van der Waals surface area contributed by atoms with Crippen molar-refractivity contribution >= 4 is 11.3 Å². The normalized spacial score (nSPS) is 22.4. The van der Waals surface area contributed by atoms with Crippen LogP contribution in [0.3, 0.4) is 0 Å². The highest BCUT2D eigenvalue weighted by Gasteiger charge is 2.19. The summed E-state index contributed by atoms with van der Waals surface area (Å²) in [6.07, 6.45) is 2.42. The van der Waals surface area contributed by atoms with Crippen LogP contribution in [0.2, 0.25) is 0 Å². The van der Waals surface area contributed by atoms with E-state index in [2.05, 4.69) is 15.5 Å². The fourth-order valence-corrected chi connectivity index (χ4v) is 2.41. The summed E-state index contributed by atoms with van der Waals surface area (Å²) in [6.45, 7) is 1.67. The van der Waals surface area contributed by atoms with Crippen molar-refractivity contribution < 1.29 is 4.74 Å². The Hall–Kier alpha value is -0.520. The predicted octanol–water partition coefficient (Wildman–Crippen LogP) is 1.11. The summed E-state index contributed by atoms with van der Waals surface area (Å²) in [5.74, 6) is 0. The molecule has 1 aromatic rings. The highest BCUT2D eigenvalue weighted by Crippen LogP contribution is 2.25. The third-order valence-corrected chi connectivity index (χ3v) is 3.12. The zero-order valence-corrected chi connectivity index (χ0v) is 8.43. The van der Waals surface area contributed by atoms with Gasteiger partial charge >= 0.3 is 0 Å². The minimum absolute atomic E-state index is 0.433. The van der Waals surface area contributed by atoms with Gasteiger partial charge in [0.15, 0.2) is 0 Å². The first-order chi connectivity index (χ1) is 6.40. The van der Waals surface area contributed by atoms with Crippen LogP contribution in [0.4, 0.5) is 0 Å². The number of hydrogen-bond acceptors (Lipinski definition) is 5. The molecule has 1 unspecified atom stereocenters. The highest BCUT2D eigenvalue weighted by molar-refractivity contribution is 7.11. The van der Waals surface area contributed by atoms with Gasteiger partial charge in [-0.25, -0.2) is 0 Å². The van der Waals surface area contributed by atoms with E-state index < -0.39 is 0 Å². The number of ether oxygens (including phenoxy) is 1. The van der Waals surface area contributed by atoms with Crippen LogP contribution >= 0.6 is 11.3 Å². The molecule has 13 heavy (non-hydrogen) atoms. The summed E-state index contributed by atoms with van der Waals surface area (Å²) < 4.78 is 4.99. The molecule has 1 aliphatic rings.